The maximum absolute atomic E-state index is 2.35. The molecule has 0 aliphatic carbocycles. The van der Waals surface area contributed by atoms with E-state index in [1.807, 2.05) is 6.92 Å². The van der Waals surface area contributed by atoms with Crippen LogP contribution in [0.2, 0.25) is 0 Å². The molecule has 74 valence electrons. The average Bonchev–Trinajstić information content (AvgIpc) is 2.19. The van der Waals surface area contributed by atoms with Gasteiger partial charge in [-0.2, -0.15) is 0 Å². The van der Waals surface area contributed by atoms with Gasteiger partial charge in [0.05, 0.1) is 0 Å². The zero-order valence-electron chi connectivity index (χ0n) is 8.63. The molecule has 14 heavy (non-hydrogen) atoms. The van der Waals surface area contributed by atoms with E-state index in [9.17, 15) is 0 Å². The maximum atomic E-state index is 2.35. The van der Waals surface area contributed by atoms with Crippen molar-refractivity contribution in [1.82, 2.24) is 0 Å². The third-order valence-electron chi connectivity index (χ3n) is 2.07. The highest BCUT2D eigenvalue weighted by molar-refractivity contribution is 14.1. The van der Waals surface area contributed by atoms with Crippen molar-refractivity contribution in [1.29, 1.82) is 0 Å². The summed E-state index contributed by atoms with van der Waals surface area (Å²) in [5.41, 5.74) is 2.72. The summed E-state index contributed by atoms with van der Waals surface area (Å²) < 4.78 is 1.29. The van der Waals surface area contributed by atoms with Crippen LogP contribution in [0, 0.1) is 3.57 Å². The van der Waals surface area contributed by atoms with Gasteiger partial charge in [-0.15, -0.1) is 0 Å². The summed E-state index contributed by atoms with van der Waals surface area (Å²) in [6.07, 6.45) is 7.41. The zero-order chi connectivity index (χ0) is 10.4. The van der Waals surface area contributed by atoms with Crippen molar-refractivity contribution in [3.63, 3.8) is 0 Å². The van der Waals surface area contributed by atoms with Gasteiger partial charge in [-0.1, -0.05) is 37.3 Å². The van der Waals surface area contributed by atoms with Crippen molar-refractivity contribution >= 4 is 28.2 Å². The Bertz CT molecular complexity index is 348. The van der Waals surface area contributed by atoms with Crippen molar-refractivity contribution in [3.05, 3.63) is 51.6 Å². The number of hydrogen-bond acceptors (Lipinski definition) is 0. The lowest BCUT2D eigenvalue weighted by Crippen LogP contribution is -1.83. The summed E-state index contributed by atoms with van der Waals surface area (Å²) >= 11 is 2.35. The number of rotatable bonds is 3. The topological polar surface area (TPSA) is 0 Å². The van der Waals surface area contributed by atoms with Crippen LogP contribution in [0.4, 0.5) is 0 Å². The van der Waals surface area contributed by atoms with Crippen molar-refractivity contribution < 1.29 is 0 Å². The fourth-order valence-corrected chi connectivity index (χ4v) is 1.86. The molecule has 0 bridgehead atoms. The van der Waals surface area contributed by atoms with Gasteiger partial charge in [0, 0.05) is 3.57 Å². The summed E-state index contributed by atoms with van der Waals surface area (Å²) in [7, 11) is 0. The molecule has 1 heteroatoms. The minimum atomic E-state index is 1.07. The van der Waals surface area contributed by atoms with E-state index >= 15 is 0 Å². The highest BCUT2D eigenvalue weighted by Crippen LogP contribution is 2.19. The molecule has 1 aromatic carbocycles. The Hall–Kier alpha value is -0.570. The Morgan fingerprint density at radius 1 is 1.43 bits per heavy atom. The number of halogens is 1. The molecule has 0 heterocycles. The summed E-state index contributed by atoms with van der Waals surface area (Å²) in [6, 6.07) is 8.61. The molecular weight excluding hydrogens is 283 g/mol. The SMILES string of the molecule is C/C=C\C=C(/CC)c1cccc(I)c1. The Balaban J connectivity index is 3.00. The van der Waals surface area contributed by atoms with Crippen LogP contribution in [0.15, 0.2) is 42.5 Å². The van der Waals surface area contributed by atoms with Gasteiger partial charge in [0.2, 0.25) is 0 Å². The smallest absolute Gasteiger partial charge is 0.0136 e. The third-order valence-corrected chi connectivity index (χ3v) is 2.74. The number of hydrogen-bond donors (Lipinski definition) is 0. The molecule has 0 aliphatic heterocycles. The van der Waals surface area contributed by atoms with Gasteiger partial charge >= 0.3 is 0 Å². The molecule has 0 atom stereocenters. The van der Waals surface area contributed by atoms with Gasteiger partial charge in [-0.3, -0.25) is 0 Å². The molecule has 1 aromatic rings. The van der Waals surface area contributed by atoms with Crippen molar-refractivity contribution in [2.75, 3.05) is 0 Å². The molecule has 0 amide bonds. The first-order valence-electron chi connectivity index (χ1n) is 4.85. The van der Waals surface area contributed by atoms with E-state index in [1.165, 1.54) is 14.7 Å². The fraction of sp³-hybridized carbons (Fsp3) is 0.231. The van der Waals surface area contributed by atoms with E-state index in [0.717, 1.165) is 6.42 Å². The van der Waals surface area contributed by atoms with Crippen LogP contribution < -0.4 is 0 Å². The number of allylic oxidation sites excluding steroid dienone is 4. The Labute approximate surface area is 99.9 Å². The molecule has 0 fully saturated rings. The zero-order valence-corrected chi connectivity index (χ0v) is 10.8. The summed E-state index contributed by atoms with van der Waals surface area (Å²) in [5, 5.41) is 0. The molecular formula is C13H15I. The lowest BCUT2D eigenvalue weighted by molar-refractivity contribution is 1.24. The van der Waals surface area contributed by atoms with E-state index in [-0.39, 0.29) is 0 Å². The van der Waals surface area contributed by atoms with Crippen LogP contribution >= 0.6 is 22.6 Å². The van der Waals surface area contributed by atoms with E-state index in [0.29, 0.717) is 0 Å². The maximum Gasteiger partial charge on any atom is 0.0136 e. The van der Waals surface area contributed by atoms with Crippen LogP contribution in [0.5, 0.6) is 0 Å². The van der Waals surface area contributed by atoms with E-state index in [2.05, 4.69) is 72.0 Å². The second-order valence-corrected chi connectivity index (χ2v) is 4.33. The molecule has 0 nitrogen and oxygen atoms in total. The summed E-state index contributed by atoms with van der Waals surface area (Å²) in [6.45, 7) is 4.23. The molecule has 0 aliphatic rings. The normalized spacial score (nSPS) is 12.4. The van der Waals surface area contributed by atoms with Gasteiger partial charge in [-0.25, -0.2) is 0 Å². The first kappa shape index (κ1) is 11.5. The lowest BCUT2D eigenvalue weighted by atomic mass is 10.0. The van der Waals surface area contributed by atoms with Crippen LogP contribution in [-0.2, 0) is 0 Å². The third kappa shape index (κ3) is 3.29. The molecule has 0 saturated carbocycles. The van der Waals surface area contributed by atoms with Crippen molar-refractivity contribution in [2.45, 2.75) is 20.3 Å². The standard InChI is InChI=1S/C13H15I/c1-3-5-7-11(4-2)12-8-6-9-13(14)10-12/h3,5-10H,4H2,1-2H3/b5-3-,11-7+. The van der Waals surface area contributed by atoms with E-state index in [1.54, 1.807) is 0 Å². The lowest BCUT2D eigenvalue weighted by Gasteiger charge is -2.04. The quantitative estimate of drug-likeness (QED) is 0.562. The van der Waals surface area contributed by atoms with Crippen LogP contribution in [-0.4, -0.2) is 0 Å². The second-order valence-electron chi connectivity index (χ2n) is 3.08. The minimum Gasteiger partial charge on any atom is -0.0877 e. The molecule has 0 saturated heterocycles. The highest BCUT2D eigenvalue weighted by Gasteiger charge is 1.97. The largest absolute Gasteiger partial charge is 0.0877 e. The van der Waals surface area contributed by atoms with Crippen molar-refractivity contribution in [2.24, 2.45) is 0 Å². The van der Waals surface area contributed by atoms with Crippen molar-refractivity contribution in [3.8, 4) is 0 Å². The average molecular weight is 298 g/mol. The predicted octanol–water partition coefficient (Wildman–Crippen LogP) is 4.66. The van der Waals surface area contributed by atoms with Gasteiger partial charge < -0.3 is 0 Å². The van der Waals surface area contributed by atoms with Crippen LogP contribution in [0.3, 0.4) is 0 Å². The van der Waals surface area contributed by atoms with E-state index in [4.69, 9.17) is 0 Å². The molecule has 0 aromatic heterocycles. The summed E-state index contributed by atoms with van der Waals surface area (Å²) in [4.78, 5) is 0. The Kier molecular flexibility index (Phi) is 4.94. The first-order valence-corrected chi connectivity index (χ1v) is 5.93. The van der Waals surface area contributed by atoms with Gasteiger partial charge in [0.1, 0.15) is 0 Å². The highest BCUT2D eigenvalue weighted by atomic mass is 127. The van der Waals surface area contributed by atoms with E-state index < -0.39 is 0 Å². The fourth-order valence-electron chi connectivity index (χ4n) is 1.32. The van der Waals surface area contributed by atoms with Gasteiger partial charge in [0.25, 0.3) is 0 Å². The Morgan fingerprint density at radius 3 is 2.79 bits per heavy atom. The second kappa shape index (κ2) is 6.02. The number of benzene rings is 1. The molecule has 0 N–H and O–H groups in total. The van der Waals surface area contributed by atoms with Gasteiger partial charge in [0.15, 0.2) is 0 Å². The van der Waals surface area contributed by atoms with Gasteiger partial charge in [-0.05, 0) is 59.2 Å². The molecule has 0 unspecified atom stereocenters. The van der Waals surface area contributed by atoms with Crippen LogP contribution in [0.1, 0.15) is 25.8 Å². The Morgan fingerprint density at radius 2 is 2.21 bits per heavy atom. The molecule has 0 spiro atoms. The molecule has 0 radical (unpaired) electrons. The van der Waals surface area contributed by atoms with Crippen LogP contribution in [0.25, 0.3) is 5.57 Å². The monoisotopic (exact) mass is 298 g/mol. The minimum absolute atomic E-state index is 1.07. The predicted molar refractivity (Wildman–Crippen MR) is 72.2 cm³/mol. The molecule has 1 rings (SSSR count). The summed E-state index contributed by atoms with van der Waals surface area (Å²) in [5.74, 6) is 0. The first-order chi connectivity index (χ1) is 6.77.